The molecule has 4 rings (SSSR count). The zero-order valence-corrected chi connectivity index (χ0v) is 15.4. The second-order valence-corrected chi connectivity index (χ2v) is 6.38. The monoisotopic (exact) mass is 331 g/mol. The molecule has 25 heavy (non-hydrogen) atoms. The van der Waals surface area contributed by atoms with Gasteiger partial charge in [-0.2, -0.15) is 0 Å². The first kappa shape index (κ1) is 17.2. The quantitative estimate of drug-likeness (QED) is 0.546. The number of benzene rings is 3. The van der Waals surface area contributed by atoms with Crippen LogP contribution < -0.4 is 0 Å². The minimum Gasteiger partial charge on any atom is -0.384 e. The fourth-order valence-corrected chi connectivity index (χ4v) is 3.33. The molecule has 3 aromatic carbocycles. The lowest BCUT2D eigenvalue weighted by Crippen LogP contribution is -2.21. The molecule has 0 N–H and O–H groups in total. The van der Waals surface area contributed by atoms with Crippen molar-refractivity contribution >= 4 is 16.5 Å². The van der Waals surface area contributed by atoms with Crippen molar-refractivity contribution < 1.29 is 4.84 Å². The van der Waals surface area contributed by atoms with Gasteiger partial charge in [-0.25, -0.2) is 0 Å². The summed E-state index contributed by atoms with van der Waals surface area (Å²) in [5.74, 6) is 0. The number of aryl methyl sites for hydroxylation is 1. The van der Waals surface area contributed by atoms with Crippen molar-refractivity contribution in [1.29, 1.82) is 0 Å². The molecule has 0 spiro atoms. The second-order valence-electron chi connectivity index (χ2n) is 6.38. The van der Waals surface area contributed by atoms with Crippen LogP contribution in [0.1, 0.15) is 43.9 Å². The molecule has 128 valence electrons. The van der Waals surface area contributed by atoms with Crippen LogP contribution in [-0.4, -0.2) is 5.71 Å². The van der Waals surface area contributed by atoms with E-state index in [2.05, 4.69) is 67.5 Å². The highest BCUT2D eigenvalue weighted by molar-refractivity contribution is 6.12. The van der Waals surface area contributed by atoms with Crippen LogP contribution in [0.25, 0.3) is 10.8 Å². The smallest absolute Gasteiger partial charge is 0.165 e. The highest BCUT2D eigenvalue weighted by Gasteiger charge is 2.36. The highest BCUT2D eigenvalue weighted by Crippen LogP contribution is 2.37. The molecular formula is C23H25NO. The van der Waals surface area contributed by atoms with Gasteiger partial charge in [-0.05, 0) is 35.7 Å². The van der Waals surface area contributed by atoms with E-state index in [0.29, 0.717) is 0 Å². The van der Waals surface area contributed by atoms with E-state index < -0.39 is 0 Å². The van der Waals surface area contributed by atoms with E-state index in [-0.39, 0.29) is 5.60 Å². The minimum atomic E-state index is -0.386. The normalized spacial score (nSPS) is 19.0. The zero-order chi connectivity index (χ0) is 17.9. The number of nitrogens with zero attached hydrogens (tertiary/aromatic N) is 1. The summed E-state index contributed by atoms with van der Waals surface area (Å²) in [5.41, 5.74) is 4.26. The molecule has 0 fully saturated rings. The third kappa shape index (κ3) is 3.17. The minimum absolute atomic E-state index is 0.386. The maximum atomic E-state index is 5.86. The molecule has 1 aliphatic rings. The van der Waals surface area contributed by atoms with E-state index >= 15 is 0 Å². The molecule has 1 aliphatic heterocycles. The Morgan fingerprint density at radius 3 is 2.20 bits per heavy atom. The molecule has 0 radical (unpaired) electrons. The summed E-state index contributed by atoms with van der Waals surface area (Å²) in [6.07, 6.45) is 0.782. The molecule has 3 aromatic rings. The predicted molar refractivity (Wildman–Crippen MR) is 106 cm³/mol. The van der Waals surface area contributed by atoms with Crippen LogP contribution in [0.5, 0.6) is 0 Å². The molecule has 0 aliphatic carbocycles. The molecule has 0 saturated heterocycles. The van der Waals surface area contributed by atoms with Crippen molar-refractivity contribution in [3.63, 3.8) is 0 Å². The Hall–Kier alpha value is -2.61. The van der Waals surface area contributed by atoms with Gasteiger partial charge in [-0.1, -0.05) is 85.7 Å². The molecule has 1 atom stereocenters. The zero-order valence-electron chi connectivity index (χ0n) is 15.4. The summed E-state index contributed by atoms with van der Waals surface area (Å²) in [6, 6.07) is 23.1. The molecule has 0 aromatic heterocycles. The lowest BCUT2D eigenvalue weighted by atomic mass is 9.87. The third-order valence-electron chi connectivity index (χ3n) is 4.70. The Labute approximate surface area is 150 Å². The largest absolute Gasteiger partial charge is 0.384 e. The van der Waals surface area contributed by atoms with Crippen LogP contribution in [0, 0.1) is 6.92 Å². The number of hydrogen-bond donors (Lipinski definition) is 0. The molecule has 0 saturated carbocycles. The first-order valence-electron chi connectivity index (χ1n) is 8.97. The molecule has 2 nitrogen and oxygen atoms in total. The Morgan fingerprint density at radius 2 is 1.48 bits per heavy atom. The average Bonchev–Trinajstić information content (AvgIpc) is 3.08. The summed E-state index contributed by atoms with van der Waals surface area (Å²) in [6.45, 7) is 8.25. The Morgan fingerprint density at radius 1 is 0.840 bits per heavy atom. The fourth-order valence-electron chi connectivity index (χ4n) is 3.33. The predicted octanol–water partition coefficient (Wildman–Crippen LogP) is 6.21. The SMILES string of the molecule is CC.Cc1ccc(C2=NOC(C)(c3ccccc3)C2)c2ccccc12. The first-order valence-corrected chi connectivity index (χ1v) is 8.97. The van der Waals surface area contributed by atoms with Gasteiger partial charge in [0.15, 0.2) is 5.60 Å². The van der Waals surface area contributed by atoms with E-state index in [0.717, 1.165) is 17.7 Å². The summed E-state index contributed by atoms with van der Waals surface area (Å²) in [5, 5.41) is 6.95. The summed E-state index contributed by atoms with van der Waals surface area (Å²) >= 11 is 0. The number of fused-ring (bicyclic) bond motifs is 1. The Kier molecular flexibility index (Phi) is 4.89. The van der Waals surface area contributed by atoms with Gasteiger partial charge in [0.05, 0.1) is 5.71 Å². The van der Waals surface area contributed by atoms with Crippen molar-refractivity contribution in [2.24, 2.45) is 5.16 Å². The van der Waals surface area contributed by atoms with Crippen LogP contribution in [0.4, 0.5) is 0 Å². The van der Waals surface area contributed by atoms with Gasteiger partial charge in [0.25, 0.3) is 0 Å². The van der Waals surface area contributed by atoms with Crippen molar-refractivity contribution in [1.82, 2.24) is 0 Å². The van der Waals surface area contributed by atoms with Crippen molar-refractivity contribution in [2.45, 2.75) is 39.7 Å². The maximum absolute atomic E-state index is 5.86. The van der Waals surface area contributed by atoms with Crippen LogP contribution in [0.15, 0.2) is 71.9 Å². The van der Waals surface area contributed by atoms with Gasteiger partial charge in [0.1, 0.15) is 0 Å². The molecule has 2 heteroatoms. The maximum Gasteiger partial charge on any atom is 0.165 e. The van der Waals surface area contributed by atoms with E-state index in [4.69, 9.17) is 4.84 Å². The van der Waals surface area contributed by atoms with Gasteiger partial charge < -0.3 is 4.84 Å². The molecule has 1 unspecified atom stereocenters. The molecule has 0 amide bonds. The Bertz CT molecular complexity index is 898. The standard InChI is InChI=1S/C21H19NO.C2H6/c1-15-12-13-19(18-11-7-6-10-17(15)18)20-14-21(2,23-22-20)16-8-4-3-5-9-16;1-2/h3-13H,14H2,1-2H3;1-2H3. The summed E-state index contributed by atoms with van der Waals surface area (Å²) in [4.78, 5) is 5.86. The number of hydrogen-bond acceptors (Lipinski definition) is 2. The van der Waals surface area contributed by atoms with Gasteiger partial charge in [0.2, 0.25) is 0 Å². The summed E-state index contributed by atoms with van der Waals surface area (Å²) in [7, 11) is 0. The van der Waals surface area contributed by atoms with Crippen molar-refractivity contribution in [3.05, 3.63) is 83.4 Å². The lowest BCUT2D eigenvalue weighted by Gasteiger charge is -2.21. The lowest BCUT2D eigenvalue weighted by molar-refractivity contribution is -0.00738. The topological polar surface area (TPSA) is 21.6 Å². The third-order valence-corrected chi connectivity index (χ3v) is 4.70. The van der Waals surface area contributed by atoms with Crippen molar-refractivity contribution in [2.75, 3.05) is 0 Å². The second kappa shape index (κ2) is 7.10. The van der Waals surface area contributed by atoms with E-state index in [9.17, 15) is 0 Å². The van der Waals surface area contributed by atoms with Gasteiger partial charge in [-0.15, -0.1) is 0 Å². The number of oxime groups is 1. The Balaban J connectivity index is 0.000000880. The van der Waals surface area contributed by atoms with E-state index in [1.807, 2.05) is 32.0 Å². The number of rotatable bonds is 2. The van der Waals surface area contributed by atoms with Crippen LogP contribution in [0.3, 0.4) is 0 Å². The fraction of sp³-hybridized carbons (Fsp3) is 0.261. The van der Waals surface area contributed by atoms with E-state index in [1.54, 1.807) is 0 Å². The van der Waals surface area contributed by atoms with E-state index in [1.165, 1.54) is 21.9 Å². The molecule has 0 bridgehead atoms. The molecule has 1 heterocycles. The van der Waals surface area contributed by atoms with Crippen molar-refractivity contribution in [3.8, 4) is 0 Å². The average molecular weight is 331 g/mol. The first-order chi connectivity index (χ1) is 12.2. The highest BCUT2D eigenvalue weighted by atomic mass is 16.7. The van der Waals surface area contributed by atoms with Gasteiger partial charge >= 0.3 is 0 Å². The van der Waals surface area contributed by atoms with Gasteiger partial charge in [0, 0.05) is 12.0 Å². The molecular weight excluding hydrogens is 306 g/mol. The van der Waals surface area contributed by atoms with Crippen LogP contribution in [0.2, 0.25) is 0 Å². The van der Waals surface area contributed by atoms with Crippen LogP contribution in [-0.2, 0) is 10.4 Å². The summed E-state index contributed by atoms with van der Waals surface area (Å²) < 4.78 is 0. The van der Waals surface area contributed by atoms with Gasteiger partial charge in [-0.3, -0.25) is 0 Å². The van der Waals surface area contributed by atoms with Crippen LogP contribution >= 0.6 is 0 Å².